The lowest BCUT2D eigenvalue weighted by Gasteiger charge is -2.11. The Kier molecular flexibility index (Phi) is 5.84. The first-order valence-corrected chi connectivity index (χ1v) is 10.7. The van der Waals surface area contributed by atoms with Gasteiger partial charge in [-0.25, -0.2) is 26.9 Å². The molecule has 5 aromatic rings. The molecule has 0 radical (unpaired) electrons. The first kappa shape index (κ1) is 23.4. The molecule has 180 valence electrons. The molecule has 0 saturated heterocycles. The second-order valence-electron chi connectivity index (χ2n) is 7.58. The number of thiocarbonyl (C=S) groups is 1. The molecule has 5 nitrogen and oxygen atoms in total. The van der Waals surface area contributed by atoms with Crippen LogP contribution in [0.15, 0.2) is 65.1 Å². The van der Waals surface area contributed by atoms with E-state index in [0.29, 0.717) is 11.3 Å². The summed E-state index contributed by atoms with van der Waals surface area (Å²) in [6.45, 7) is 0. The number of carbonyl (C=O) groups is 1. The number of halogens is 5. The highest BCUT2D eigenvalue weighted by atomic mass is 32.1. The lowest BCUT2D eigenvalue weighted by atomic mass is 10.0. The molecule has 0 atom stereocenters. The Bertz CT molecular complexity index is 1670. The fourth-order valence-corrected chi connectivity index (χ4v) is 3.87. The standard InChI is InChI=1S/C25H12F5N3O2S/c26-18-17(19(27)21(29)22(30)20(18)28)24-32-15-10-12(8-9-16(15)35-24)31-25(36)33-23(34)14-7-3-5-11-4-1-2-6-13(11)14/h1-10H,(H2,31,33,34,36). The van der Waals surface area contributed by atoms with Crippen LogP contribution in [0, 0.1) is 29.1 Å². The SMILES string of the molecule is O=C(NC(=S)Nc1ccc2oc(-c3c(F)c(F)c(F)c(F)c3F)nc2c1)c1cccc2ccccc12. The Morgan fingerprint density at radius 3 is 2.25 bits per heavy atom. The first-order valence-electron chi connectivity index (χ1n) is 10.3. The number of hydrogen-bond acceptors (Lipinski definition) is 4. The van der Waals surface area contributed by atoms with Crippen LogP contribution in [0.2, 0.25) is 0 Å². The molecule has 0 aliphatic heterocycles. The van der Waals surface area contributed by atoms with E-state index < -0.39 is 46.4 Å². The molecule has 0 aliphatic rings. The molecule has 0 spiro atoms. The summed E-state index contributed by atoms with van der Waals surface area (Å²) in [5, 5.41) is 6.92. The second kappa shape index (κ2) is 9.00. The fraction of sp³-hybridized carbons (Fsp3) is 0. The van der Waals surface area contributed by atoms with Crippen molar-refractivity contribution in [2.45, 2.75) is 0 Å². The van der Waals surface area contributed by atoms with Crippen molar-refractivity contribution in [1.82, 2.24) is 10.3 Å². The Hall–Kier alpha value is -4.38. The van der Waals surface area contributed by atoms with Crippen LogP contribution in [0.4, 0.5) is 27.6 Å². The van der Waals surface area contributed by atoms with Crippen LogP contribution >= 0.6 is 12.2 Å². The van der Waals surface area contributed by atoms with E-state index in [4.69, 9.17) is 16.6 Å². The summed E-state index contributed by atoms with van der Waals surface area (Å²) in [6.07, 6.45) is 0. The molecule has 0 bridgehead atoms. The first-order chi connectivity index (χ1) is 17.2. The third-order valence-corrected chi connectivity index (χ3v) is 5.53. The van der Waals surface area contributed by atoms with Crippen molar-refractivity contribution in [3.63, 3.8) is 0 Å². The van der Waals surface area contributed by atoms with E-state index in [9.17, 15) is 26.7 Å². The third-order valence-electron chi connectivity index (χ3n) is 5.33. The smallest absolute Gasteiger partial charge is 0.258 e. The summed E-state index contributed by atoms with van der Waals surface area (Å²) in [5.41, 5.74) is -0.484. The van der Waals surface area contributed by atoms with Gasteiger partial charge in [-0.15, -0.1) is 0 Å². The van der Waals surface area contributed by atoms with Gasteiger partial charge in [-0.3, -0.25) is 10.1 Å². The maximum Gasteiger partial charge on any atom is 0.258 e. The fourth-order valence-electron chi connectivity index (χ4n) is 3.66. The number of hydrogen-bond donors (Lipinski definition) is 2. The van der Waals surface area contributed by atoms with Gasteiger partial charge >= 0.3 is 0 Å². The summed E-state index contributed by atoms with van der Waals surface area (Å²) in [5.74, 6) is -11.9. The molecule has 0 fully saturated rings. The summed E-state index contributed by atoms with van der Waals surface area (Å²) in [6, 6.07) is 16.8. The number of oxazole rings is 1. The molecule has 0 aliphatic carbocycles. The average Bonchev–Trinajstić information content (AvgIpc) is 3.28. The van der Waals surface area contributed by atoms with Crippen LogP contribution in [-0.2, 0) is 0 Å². The molecule has 1 aromatic heterocycles. The van der Waals surface area contributed by atoms with Crippen molar-refractivity contribution in [3.05, 3.63) is 95.3 Å². The topological polar surface area (TPSA) is 67.2 Å². The zero-order valence-electron chi connectivity index (χ0n) is 17.8. The molecular formula is C25H12F5N3O2S. The van der Waals surface area contributed by atoms with Gasteiger partial charge in [-0.2, -0.15) is 0 Å². The highest BCUT2D eigenvalue weighted by Crippen LogP contribution is 2.33. The molecule has 5 rings (SSSR count). The van der Waals surface area contributed by atoms with Crippen molar-refractivity contribution >= 4 is 50.8 Å². The van der Waals surface area contributed by atoms with E-state index in [1.165, 1.54) is 18.2 Å². The largest absolute Gasteiger partial charge is 0.436 e. The summed E-state index contributed by atoms with van der Waals surface area (Å²) in [4.78, 5) is 16.6. The van der Waals surface area contributed by atoms with Gasteiger partial charge in [-0.05, 0) is 47.3 Å². The number of benzene rings is 4. The summed E-state index contributed by atoms with van der Waals surface area (Å²) >= 11 is 5.21. The van der Waals surface area contributed by atoms with Crippen molar-refractivity contribution in [2.24, 2.45) is 0 Å². The zero-order chi connectivity index (χ0) is 25.6. The molecule has 36 heavy (non-hydrogen) atoms. The normalized spacial score (nSPS) is 11.1. The minimum atomic E-state index is -2.28. The van der Waals surface area contributed by atoms with Crippen LogP contribution in [0.25, 0.3) is 33.3 Å². The predicted molar refractivity (Wildman–Crippen MR) is 127 cm³/mol. The van der Waals surface area contributed by atoms with Gasteiger partial charge in [-0.1, -0.05) is 36.4 Å². The van der Waals surface area contributed by atoms with E-state index in [0.717, 1.165) is 10.8 Å². The lowest BCUT2D eigenvalue weighted by Crippen LogP contribution is -2.34. The predicted octanol–water partition coefficient (Wildman–Crippen LogP) is 6.47. The quantitative estimate of drug-likeness (QED) is 0.125. The van der Waals surface area contributed by atoms with E-state index in [1.54, 1.807) is 18.2 Å². The van der Waals surface area contributed by atoms with Gasteiger partial charge < -0.3 is 9.73 Å². The van der Waals surface area contributed by atoms with Gasteiger partial charge in [0.1, 0.15) is 11.1 Å². The van der Waals surface area contributed by atoms with Crippen LogP contribution < -0.4 is 10.6 Å². The maximum absolute atomic E-state index is 14.1. The Balaban J connectivity index is 1.39. The van der Waals surface area contributed by atoms with Gasteiger partial charge in [0.05, 0.1) is 0 Å². The molecular weight excluding hydrogens is 501 g/mol. The number of rotatable bonds is 3. The number of fused-ring (bicyclic) bond motifs is 2. The molecule has 4 aromatic carbocycles. The zero-order valence-corrected chi connectivity index (χ0v) is 18.7. The average molecular weight is 513 g/mol. The third kappa shape index (κ3) is 4.03. The van der Waals surface area contributed by atoms with E-state index in [2.05, 4.69) is 15.6 Å². The summed E-state index contributed by atoms with van der Waals surface area (Å²) < 4.78 is 74.0. The Labute approximate surface area is 204 Å². The number of nitrogens with one attached hydrogen (secondary N) is 2. The number of nitrogens with zero attached hydrogens (tertiary/aromatic N) is 1. The molecule has 1 heterocycles. The van der Waals surface area contributed by atoms with Gasteiger partial charge in [0.2, 0.25) is 11.7 Å². The van der Waals surface area contributed by atoms with E-state index in [-0.39, 0.29) is 16.2 Å². The molecule has 0 unspecified atom stereocenters. The van der Waals surface area contributed by atoms with Gasteiger partial charge in [0.15, 0.2) is 34.0 Å². The van der Waals surface area contributed by atoms with Crippen molar-refractivity contribution in [2.75, 3.05) is 5.32 Å². The van der Waals surface area contributed by atoms with Gasteiger partial charge in [0, 0.05) is 11.3 Å². The number of carbonyl (C=O) groups excluding carboxylic acids is 1. The maximum atomic E-state index is 14.1. The number of aromatic nitrogens is 1. The van der Waals surface area contributed by atoms with Crippen LogP contribution in [0.1, 0.15) is 10.4 Å². The molecule has 0 saturated carbocycles. The number of anilines is 1. The van der Waals surface area contributed by atoms with E-state index in [1.807, 2.05) is 24.3 Å². The number of amides is 1. The van der Waals surface area contributed by atoms with Crippen LogP contribution in [0.5, 0.6) is 0 Å². The summed E-state index contributed by atoms with van der Waals surface area (Å²) in [7, 11) is 0. The highest BCUT2D eigenvalue weighted by Gasteiger charge is 2.29. The van der Waals surface area contributed by atoms with Crippen LogP contribution in [-0.4, -0.2) is 16.0 Å². The van der Waals surface area contributed by atoms with E-state index >= 15 is 0 Å². The molecule has 2 N–H and O–H groups in total. The van der Waals surface area contributed by atoms with Gasteiger partial charge in [0.25, 0.3) is 5.91 Å². The molecule has 11 heteroatoms. The van der Waals surface area contributed by atoms with Crippen molar-refractivity contribution in [1.29, 1.82) is 0 Å². The lowest BCUT2D eigenvalue weighted by molar-refractivity contribution is 0.0979. The Morgan fingerprint density at radius 2 is 1.50 bits per heavy atom. The van der Waals surface area contributed by atoms with Crippen LogP contribution in [0.3, 0.4) is 0 Å². The monoisotopic (exact) mass is 513 g/mol. The highest BCUT2D eigenvalue weighted by molar-refractivity contribution is 7.80. The minimum Gasteiger partial charge on any atom is -0.436 e. The second-order valence-corrected chi connectivity index (χ2v) is 7.99. The minimum absolute atomic E-state index is 0.0187. The van der Waals surface area contributed by atoms with Crippen molar-refractivity contribution < 1.29 is 31.2 Å². The molecule has 1 amide bonds. The van der Waals surface area contributed by atoms with Crippen molar-refractivity contribution in [3.8, 4) is 11.5 Å². The Morgan fingerprint density at radius 1 is 0.833 bits per heavy atom.